The van der Waals surface area contributed by atoms with E-state index >= 15 is 0 Å². The molecule has 0 unspecified atom stereocenters. The van der Waals surface area contributed by atoms with Crippen molar-refractivity contribution in [2.24, 2.45) is 5.73 Å². The number of nitrogens with zero attached hydrogens (tertiary/aromatic N) is 1. The highest BCUT2D eigenvalue weighted by molar-refractivity contribution is 7.14. The molecule has 1 aliphatic rings. The number of hydrogen-bond acceptors (Lipinski definition) is 3. The zero-order valence-electron chi connectivity index (χ0n) is 13.1. The number of thiophene rings is 1. The lowest BCUT2D eigenvalue weighted by Gasteiger charge is -2.27. The van der Waals surface area contributed by atoms with E-state index in [2.05, 4.69) is 4.90 Å². The van der Waals surface area contributed by atoms with E-state index in [0.717, 1.165) is 41.8 Å². The Bertz CT molecular complexity index is 765. The van der Waals surface area contributed by atoms with Crippen LogP contribution >= 0.6 is 11.3 Å². The first-order valence-corrected chi connectivity index (χ1v) is 8.37. The maximum absolute atomic E-state index is 12.6. The quantitative estimate of drug-likeness (QED) is 0.913. The number of fused-ring (bicyclic) bond motifs is 1. The van der Waals surface area contributed by atoms with Crippen LogP contribution in [0.3, 0.4) is 0 Å². The van der Waals surface area contributed by atoms with E-state index in [1.165, 1.54) is 28.3 Å². The molecule has 3 nitrogen and oxygen atoms in total. The molecule has 0 atom stereocenters. The van der Waals surface area contributed by atoms with Gasteiger partial charge in [-0.05, 0) is 42.2 Å². The molecule has 128 valence electrons. The van der Waals surface area contributed by atoms with Crippen molar-refractivity contribution in [1.82, 2.24) is 4.90 Å². The predicted octanol–water partition coefficient (Wildman–Crippen LogP) is 3.73. The minimum atomic E-state index is -4.31. The molecule has 24 heavy (non-hydrogen) atoms. The van der Waals surface area contributed by atoms with Crippen molar-refractivity contribution < 1.29 is 18.0 Å². The highest BCUT2D eigenvalue weighted by atomic mass is 32.1. The summed E-state index contributed by atoms with van der Waals surface area (Å²) in [4.78, 5) is 15.4. The summed E-state index contributed by atoms with van der Waals surface area (Å²) in [5, 5.41) is 0. The fourth-order valence-corrected chi connectivity index (χ4v) is 4.16. The lowest BCUT2D eigenvalue weighted by Crippen LogP contribution is -2.29. The van der Waals surface area contributed by atoms with Gasteiger partial charge in [0.15, 0.2) is 0 Å². The van der Waals surface area contributed by atoms with Crippen molar-refractivity contribution in [3.05, 3.63) is 56.3 Å². The number of benzene rings is 1. The molecule has 1 aromatic carbocycles. The Hall–Kier alpha value is -1.86. The summed E-state index contributed by atoms with van der Waals surface area (Å²) in [7, 11) is 0. The molecular weight excluding hydrogens is 337 g/mol. The highest BCUT2D eigenvalue weighted by Gasteiger charge is 2.30. The number of rotatable bonds is 3. The van der Waals surface area contributed by atoms with Gasteiger partial charge in [0.1, 0.15) is 0 Å². The average Bonchev–Trinajstić information content (AvgIpc) is 2.84. The molecule has 1 amide bonds. The van der Waals surface area contributed by atoms with E-state index in [-0.39, 0.29) is 0 Å². The number of carbonyl (C=O) groups is 1. The van der Waals surface area contributed by atoms with Crippen LogP contribution in [0.5, 0.6) is 0 Å². The molecular formula is C17H17F3N2OS. The van der Waals surface area contributed by atoms with Gasteiger partial charge in [0.2, 0.25) is 0 Å². The van der Waals surface area contributed by atoms with Gasteiger partial charge in [-0.3, -0.25) is 9.69 Å². The molecule has 0 fully saturated rings. The molecule has 7 heteroatoms. The van der Waals surface area contributed by atoms with Crippen LogP contribution in [0.1, 0.15) is 36.8 Å². The van der Waals surface area contributed by atoms with Crippen LogP contribution in [-0.2, 0) is 25.7 Å². The highest BCUT2D eigenvalue weighted by Crippen LogP contribution is 2.33. The van der Waals surface area contributed by atoms with Gasteiger partial charge in [0.05, 0.1) is 10.4 Å². The van der Waals surface area contributed by atoms with Gasteiger partial charge in [-0.25, -0.2) is 0 Å². The van der Waals surface area contributed by atoms with Gasteiger partial charge in [0, 0.05) is 24.5 Å². The Kier molecular flexibility index (Phi) is 4.40. The molecule has 1 aliphatic heterocycles. The average molecular weight is 354 g/mol. The number of halogens is 3. The van der Waals surface area contributed by atoms with E-state index < -0.39 is 17.6 Å². The van der Waals surface area contributed by atoms with Gasteiger partial charge in [-0.2, -0.15) is 13.2 Å². The van der Waals surface area contributed by atoms with Crippen LogP contribution in [0, 0.1) is 6.92 Å². The Labute approximate surface area is 141 Å². The summed E-state index contributed by atoms with van der Waals surface area (Å²) in [6.07, 6.45) is -3.48. The van der Waals surface area contributed by atoms with Crippen LogP contribution in [0.2, 0.25) is 0 Å². The van der Waals surface area contributed by atoms with Gasteiger partial charge >= 0.3 is 6.18 Å². The fourth-order valence-electron chi connectivity index (χ4n) is 3.01. The van der Waals surface area contributed by atoms with E-state index in [4.69, 9.17) is 5.73 Å². The van der Waals surface area contributed by atoms with Crippen LogP contribution in [0.15, 0.2) is 24.3 Å². The van der Waals surface area contributed by atoms with E-state index in [0.29, 0.717) is 18.0 Å². The maximum Gasteiger partial charge on any atom is 0.416 e. The van der Waals surface area contributed by atoms with Crippen molar-refractivity contribution >= 4 is 17.2 Å². The molecule has 2 heterocycles. The Morgan fingerprint density at radius 1 is 1.29 bits per heavy atom. The Morgan fingerprint density at radius 3 is 2.54 bits per heavy atom. The van der Waals surface area contributed by atoms with Gasteiger partial charge in [-0.15, -0.1) is 11.3 Å². The lowest BCUT2D eigenvalue weighted by atomic mass is 10.0. The van der Waals surface area contributed by atoms with Gasteiger partial charge in [-0.1, -0.05) is 12.1 Å². The molecule has 0 saturated carbocycles. The molecule has 0 spiro atoms. The fraction of sp³-hybridized carbons (Fsp3) is 0.353. The minimum absolute atomic E-state index is 0.402. The summed E-state index contributed by atoms with van der Waals surface area (Å²) in [5.74, 6) is -0.402. The topological polar surface area (TPSA) is 46.3 Å². The Balaban J connectivity index is 1.73. The third-order valence-electron chi connectivity index (χ3n) is 4.30. The zero-order chi connectivity index (χ0) is 17.5. The second-order valence-corrected chi connectivity index (χ2v) is 7.08. The van der Waals surface area contributed by atoms with E-state index in [1.807, 2.05) is 6.92 Å². The third kappa shape index (κ3) is 3.32. The second-order valence-electron chi connectivity index (χ2n) is 5.98. The maximum atomic E-state index is 12.6. The molecule has 0 bridgehead atoms. The molecule has 3 rings (SSSR count). The van der Waals surface area contributed by atoms with Crippen LogP contribution < -0.4 is 5.73 Å². The van der Waals surface area contributed by atoms with Crippen LogP contribution in [0.4, 0.5) is 13.2 Å². The summed E-state index contributed by atoms with van der Waals surface area (Å²) >= 11 is 1.46. The van der Waals surface area contributed by atoms with E-state index in [9.17, 15) is 18.0 Å². The smallest absolute Gasteiger partial charge is 0.365 e. The predicted molar refractivity (Wildman–Crippen MR) is 86.8 cm³/mol. The Morgan fingerprint density at radius 2 is 1.96 bits per heavy atom. The standard InChI is InChI=1S/C17H17F3N2OS/c1-10-13-9-22(7-6-14(13)24-15(10)16(21)23)8-11-2-4-12(5-3-11)17(18,19)20/h2-5H,6-9H2,1H3,(H2,21,23). The molecule has 2 aromatic rings. The number of nitrogens with two attached hydrogens (primary N) is 1. The lowest BCUT2D eigenvalue weighted by molar-refractivity contribution is -0.137. The number of amides is 1. The van der Waals surface area contributed by atoms with E-state index in [1.54, 1.807) is 0 Å². The molecule has 1 aromatic heterocycles. The molecule has 2 N–H and O–H groups in total. The first kappa shape index (κ1) is 17.0. The minimum Gasteiger partial charge on any atom is -0.365 e. The first-order chi connectivity index (χ1) is 11.3. The van der Waals surface area contributed by atoms with Crippen molar-refractivity contribution in [3.8, 4) is 0 Å². The largest absolute Gasteiger partial charge is 0.416 e. The number of hydrogen-bond donors (Lipinski definition) is 1. The number of primary amides is 1. The molecule has 0 aliphatic carbocycles. The number of carbonyl (C=O) groups excluding carboxylic acids is 1. The van der Waals surface area contributed by atoms with Gasteiger partial charge < -0.3 is 5.73 Å². The summed E-state index contributed by atoms with van der Waals surface area (Å²) in [5.41, 5.74) is 7.67. The SMILES string of the molecule is Cc1c(C(N)=O)sc2c1CN(Cc1ccc(C(F)(F)F)cc1)CC2. The van der Waals surface area contributed by atoms with Crippen LogP contribution in [-0.4, -0.2) is 17.4 Å². The number of alkyl halides is 3. The van der Waals surface area contributed by atoms with Crippen LogP contribution in [0.25, 0.3) is 0 Å². The van der Waals surface area contributed by atoms with Gasteiger partial charge in [0.25, 0.3) is 5.91 Å². The summed E-state index contributed by atoms with van der Waals surface area (Å²) in [6, 6.07) is 5.28. The second kappa shape index (κ2) is 6.22. The third-order valence-corrected chi connectivity index (χ3v) is 5.71. The first-order valence-electron chi connectivity index (χ1n) is 7.55. The summed E-state index contributed by atoms with van der Waals surface area (Å²) in [6.45, 7) is 3.98. The van der Waals surface area contributed by atoms with Crippen molar-refractivity contribution in [2.75, 3.05) is 6.54 Å². The zero-order valence-corrected chi connectivity index (χ0v) is 13.9. The van der Waals surface area contributed by atoms with Crippen molar-refractivity contribution in [3.63, 3.8) is 0 Å². The molecule has 0 radical (unpaired) electrons. The normalized spacial score (nSPS) is 15.3. The monoisotopic (exact) mass is 354 g/mol. The van der Waals surface area contributed by atoms with Crippen molar-refractivity contribution in [1.29, 1.82) is 0 Å². The van der Waals surface area contributed by atoms with Crippen molar-refractivity contribution in [2.45, 2.75) is 32.6 Å². The summed E-state index contributed by atoms with van der Waals surface area (Å²) < 4.78 is 37.8. The molecule has 0 saturated heterocycles.